The third-order valence-electron chi connectivity index (χ3n) is 4.32. The Labute approximate surface area is 149 Å². The molecule has 0 amide bonds. The largest absolute Gasteiger partial charge is 0.465 e. The van der Waals surface area contributed by atoms with Gasteiger partial charge in [0.2, 0.25) is 0 Å². The van der Waals surface area contributed by atoms with Gasteiger partial charge in [0, 0.05) is 11.4 Å². The summed E-state index contributed by atoms with van der Waals surface area (Å²) in [5.74, 6) is 0.559. The van der Waals surface area contributed by atoms with Crippen molar-refractivity contribution in [3.63, 3.8) is 0 Å². The quantitative estimate of drug-likeness (QED) is 0.462. The van der Waals surface area contributed by atoms with Crippen LogP contribution < -0.4 is 5.56 Å². The minimum atomic E-state index is -0.279. The predicted molar refractivity (Wildman–Crippen MR) is 98.1 cm³/mol. The number of aromatic nitrogens is 2. The van der Waals surface area contributed by atoms with E-state index in [9.17, 15) is 9.59 Å². The van der Waals surface area contributed by atoms with Crippen molar-refractivity contribution in [2.24, 2.45) is 5.92 Å². The van der Waals surface area contributed by atoms with Gasteiger partial charge in [0.25, 0.3) is 5.56 Å². The molecule has 1 aliphatic carbocycles. The Kier molecular flexibility index (Phi) is 5.30. The van der Waals surface area contributed by atoms with Crippen molar-refractivity contribution in [1.29, 1.82) is 0 Å². The smallest absolute Gasteiger partial charge is 0.316 e. The lowest BCUT2D eigenvalue weighted by Crippen LogP contribution is -2.23. The lowest BCUT2D eigenvalue weighted by Gasteiger charge is -2.17. The molecule has 0 saturated heterocycles. The first-order valence-electron chi connectivity index (χ1n) is 8.38. The number of esters is 1. The highest BCUT2D eigenvalue weighted by Crippen LogP contribution is 2.36. The number of fused-ring (bicyclic) bond motifs is 3. The lowest BCUT2D eigenvalue weighted by molar-refractivity contribution is -0.139. The normalized spacial score (nSPS) is 17.0. The number of carbonyl (C=O) groups excluding carboxylic acids is 1. The Balaban J connectivity index is 2.02. The molecule has 7 heteroatoms. The molecule has 0 radical (unpaired) electrons. The topological polar surface area (TPSA) is 61.2 Å². The maximum absolute atomic E-state index is 13.0. The van der Waals surface area contributed by atoms with Gasteiger partial charge in [0.1, 0.15) is 4.83 Å². The summed E-state index contributed by atoms with van der Waals surface area (Å²) in [5, 5.41) is 1.40. The molecule has 0 aliphatic heterocycles. The molecule has 130 valence electrons. The van der Waals surface area contributed by atoms with Gasteiger partial charge >= 0.3 is 5.97 Å². The number of nitrogens with zero attached hydrogens (tertiary/aromatic N) is 2. The van der Waals surface area contributed by atoms with Crippen LogP contribution in [0.3, 0.4) is 0 Å². The van der Waals surface area contributed by atoms with Gasteiger partial charge in [-0.2, -0.15) is 0 Å². The second-order valence-corrected chi connectivity index (χ2v) is 8.10. The van der Waals surface area contributed by atoms with E-state index in [4.69, 9.17) is 9.72 Å². The fraction of sp³-hybridized carbons (Fsp3) is 0.588. The Morgan fingerprint density at radius 3 is 2.96 bits per heavy atom. The SMILES string of the molecule is CCOC(=O)CSc1nc2sc3c(c2c(=O)n1CC)CCC(C)C3. The van der Waals surface area contributed by atoms with Crippen LogP contribution in [0, 0.1) is 5.92 Å². The molecule has 2 aromatic rings. The summed E-state index contributed by atoms with van der Waals surface area (Å²) in [4.78, 5) is 31.4. The standard InChI is InChI=1S/C17H22N2O3S2/c1-4-19-16(21)14-11-7-6-10(3)8-12(11)24-15(14)18-17(19)23-9-13(20)22-5-2/h10H,4-9H2,1-3H3. The molecule has 5 nitrogen and oxygen atoms in total. The molecular weight excluding hydrogens is 344 g/mol. The first-order chi connectivity index (χ1) is 11.5. The van der Waals surface area contributed by atoms with Crippen LogP contribution in [0.2, 0.25) is 0 Å². The van der Waals surface area contributed by atoms with Crippen molar-refractivity contribution in [1.82, 2.24) is 9.55 Å². The van der Waals surface area contributed by atoms with E-state index in [2.05, 4.69) is 6.92 Å². The molecule has 1 unspecified atom stereocenters. The van der Waals surface area contributed by atoms with E-state index in [0.717, 1.165) is 29.5 Å². The fourth-order valence-electron chi connectivity index (χ4n) is 3.12. The fourth-order valence-corrected chi connectivity index (χ4v) is 5.40. The van der Waals surface area contributed by atoms with E-state index < -0.39 is 0 Å². The molecule has 1 atom stereocenters. The van der Waals surface area contributed by atoms with Crippen LogP contribution in [0.5, 0.6) is 0 Å². The number of hydrogen-bond acceptors (Lipinski definition) is 6. The number of hydrogen-bond donors (Lipinski definition) is 0. The molecule has 0 fully saturated rings. The van der Waals surface area contributed by atoms with E-state index in [0.29, 0.717) is 24.2 Å². The Bertz CT molecular complexity index is 825. The van der Waals surface area contributed by atoms with Crippen LogP contribution in [-0.4, -0.2) is 27.9 Å². The average Bonchev–Trinajstić information content (AvgIpc) is 2.90. The monoisotopic (exact) mass is 366 g/mol. The van der Waals surface area contributed by atoms with Crippen LogP contribution in [0.15, 0.2) is 9.95 Å². The number of ether oxygens (including phenoxy) is 1. The maximum Gasteiger partial charge on any atom is 0.316 e. The van der Waals surface area contributed by atoms with Crippen LogP contribution in [0.1, 0.15) is 37.6 Å². The van der Waals surface area contributed by atoms with Crippen LogP contribution in [0.4, 0.5) is 0 Å². The number of aryl methyl sites for hydroxylation is 1. The molecule has 0 spiro atoms. The minimum Gasteiger partial charge on any atom is -0.465 e. The van der Waals surface area contributed by atoms with E-state index in [-0.39, 0.29) is 17.3 Å². The maximum atomic E-state index is 13.0. The van der Waals surface area contributed by atoms with Gasteiger partial charge in [-0.1, -0.05) is 18.7 Å². The summed E-state index contributed by atoms with van der Waals surface area (Å²) in [5.41, 5.74) is 1.23. The van der Waals surface area contributed by atoms with E-state index in [1.807, 2.05) is 6.92 Å². The van der Waals surface area contributed by atoms with Crippen LogP contribution in [-0.2, 0) is 28.9 Å². The predicted octanol–water partition coefficient (Wildman–Crippen LogP) is 3.26. The van der Waals surface area contributed by atoms with Crippen LogP contribution >= 0.6 is 23.1 Å². The Hall–Kier alpha value is -1.34. The van der Waals surface area contributed by atoms with Gasteiger partial charge in [0.05, 0.1) is 17.7 Å². The zero-order valence-corrected chi connectivity index (χ0v) is 15.9. The lowest BCUT2D eigenvalue weighted by atomic mass is 9.89. The first-order valence-corrected chi connectivity index (χ1v) is 10.2. The summed E-state index contributed by atoms with van der Waals surface area (Å²) < 4.78 is 6.64. The summed E-state index contributed by atoms with van der Waals surface area (Å²) in [6.07, 6.45) is 3.13. The summed E-state index contributed by atoms with van der Waals surface area (Å²) in [7, 11) is 0. The summed E-state index contributed by atoms with van der Waals surface area (Å²) in [6.45, 7) is 6.89. The van der Waals surface area contributed by atoms with Crippen molar-refractivity contribution >= 4 is 39.3 Å². The molecule has 2 aromatic heterocycles. The van der Waals surface area contributed by atoms with Gasteiger partial charge in [-0.3, -0.25) is 14.2 Å². The molecule has 0 saturated carbocycles. The van der Waals surface area contributed by atoms with Crippen molar-refractivity contribution < 1.29 is 9.53 Å². The molecule has 0 N–H and O–H groups in total. The second kappa shape index (κ2) is 7.27. The number of carbonyl (C=O) groups is 1. The highest BCUT2D eigenvalue weighted by Gasteiger charge is 2.24. The van der Waals surface area contributed by atoms with E-state index in [1.165, 1.54) is 22.2 Å². The summed E-state index contributed by atoms with van der Waals surface area (Å²) >= 11 is 2.92. The van der Waals surface area contributed by atoms with Crippen LogP contribution in [0.25, 0.3) is 10.2 Å². The van der Waals surface area contributed by atoms with Gasteiger partial charge in [-0.25, -0.2) is 4.98 Å². The Morgan fingerprint density at radius 2 is 2.25 bits per heavy atom. The molecule has 2 heterocycles. The third-order valence-corrected chi connectivity index (χ3v) is 6.42. The molecule has 0 bridgehead atoms. The van der Waals surface area contributed by atoms with Gasteiger partial charge in [0.15, 0.2) is 5.16 Å². The third kappa shape index (κ3) is 3.24. The van der Waals surface area contributed by atoms with Crippen molar-refractivity contribution in [2.75, 3.05) is 12.4 Å². The van der Waals surface area contributed by atoms with Gasteiger partial charge < -0.3 is 4.74 Å². The zero-order chi connectivity index (χ0) is 17.3. The number of thiophene rings is 1. The van der Waals surface area contributed by atoms with Gasteiger partial charge in [-0.05, 0) is 44.6 Å². The molecule has 3 rings (SSSR count). The Morgan fingerprint density at radius 1 is 1.46 bits per heavy atom. The van der Waals surface area contributed by atoms with Gasteiger partial charge in [-0.15, -0.1) is 11.3 Å². The second-order valence-electron chi connectivity index (χ2n) is 6.07. The molecular formula is C17H22N2O3S2. The highest BCUT2D eigenvalue weighted by molar-refractivity contribution is 7.99. The van der Waals surface area contributed by atoms with Crippen molar-refractivity contribution in [3.8, 4) is 0 Å². The number of thioether (sulfide) groups is 1. The van der Waals surface area contributed by atoms with E-state index in [1.54, 1.807) is 22.8 Å². The minimum absolute atomic E-state index is 0.0286. The first kappa shape index (κ1) is 17.5. The zero-order valence-electron chi connectivity index (χ0n) is 14.3. The summed E-state index contributed by atoms with van der Waals surface area (Å²) in [6, 6.07) is 0. The van der Waals surface area contributed by atoms with E-state index >= 15 is 0 Å². The van der Waals surface area contributed by atoms with Crippen molar-refractivity contribution in [2.45, 2.75) is 51.7 Å². The molecule has 1 aliphatic rings. The average molecular weight is 367 g/mol. The number of rotatable bonds is 5. The molecule has 24 heavy (non-hydrogen) atoms. The van der Waals surface area contributed by atoms with Crippen molar-refractivity contribution in [3.05, 3.63) is 20.8 Å². The molecule has 0 aromatic carbocycles. The highest BCUT2D eigenvalue weighted by atomic mass is 32.2.